The average molecular weight is 379 g/mol. The van der Waals surface area contributed by atoms with Crippen molar-refractivity contribution in [2.45, 2.75) is 38.3 Å². The second-order valence-corrected chi connectivity index (χ2v) is 7.52. The van der Waals surface area contributed by atoms with Crippen molar-refractivity contribution in [3.05, 3.63) is 28.8 Å². The number of carbonyl (C=O) groups excluding carboxylic acids is 2. The first-order valence-corrected chi connectivity index (χ1v) is 9.70. The number of nitrogens with zero attached hydrogens (tertiary/aromatic N) is 2. The molecule has 3 rings (SSSR count). The molecule has 1 aromatic carbocycles. The zero-order chi connectivity index (χ0) is 18.7. The lowest BCUT2D eigenvalue weighted by molar-refractivity contribution is -0.124. The minimum Gasteiger partial charge on any atom is -0.370 e. The number of benzene rings is 1. The van der Waals surface area contributed by atoms with Crippen molar-refractivity contribution in [1.29, 1.82) is 0 Å². The van der Waals surface area contributed by atoms with Gasteiger partial charge in [-0.2, -0.15) is 0 Å². The highest BCUT2D eigenvalue weighted by molar-refractivity contribution is 6.33. The monoisotopic (exact) mass is 378 g/mol. The van der Waals surface area contributed by atoms with Crippen LogP contribution in [0.15, 0.2) is 18.2 Å². The molecule has 2 aliphatic heterocycles. The summed E-state index contributed by atoms with van der Waals surface area (Å²) in [5, 5.41) is 6.50. The van der Waals surface area contributed by atoms with Crippen LogP contribution in [0.1, 0.15) is 36.5 Å². The van der Waals surface area contributed by atoms with E-state index in [9.17, 15) is 9.59 Å². The number of amides is 2. The molecule has 0 saturated carbocycles. The number of carbonyl (C=O) groups is 2. The molecular formula is C19H27ClN4O2. The number of likely N-dealkylation sites (N-methyl/N-ethyl adjacent to an activating group) is 2. The Balaban J connectivity index is 1.61. The van der Waals surface area contributed by atoms with Crippen molar-refractivity contribution in [3.8, 4) is 0 Å². The van der Waals surface area contributed by atoms with Gasteiger partial charge in [0.2, 0.25) is 5.91 Å². The number of hydrogen-bond acceptors (Lipinski definition) is 4. The summed E-state index contributed by atoms with van der Waals surface area (Å²) >= 11 is 6.41. The Bertz CT molecular complexity index is 676. The van der Waals surface area contributed by atoms with Gasteiger partial charge in [0.15, 0.2) is 0 Å². The molecule has 0 aliphatic carbocycles. The van der Waals surface area contributed by atoms with Gasteiger partial charge in [-0.15, -0.1) is 0 Å². The Morgan fingerprint density at radius 2 is 2.00 bits per heavy atom. The first-order valence-electron chi connectivity index (χ1n) is 9.33. The van der Waals surface area contributed by atoms with Crippen LogP contribution in [-0.4, -0.2) is 62.0 Å². The van der Waals surface area contributed by atoms with Gasteiger partial charge in [0.1, 0.15) is 0 Å². The van der Waals surface area contributed by atoms with E-state index in [1.165, 1.54) is 12.8 Å². The molecule has 0 spiro atoms. The van der Waals surface area contributed by atoms with Crippen LogP contribution in [-0.2, 0) is 4.79 Å². The second kappa shape index (κ2) is 8.27. The van der Waals surface area contributed by atoms with E-state index in [1.54, 1.807) is 6.07 Å². The molecule has 26 heavy (non-hydrogen) atoms. The van der Waals surface area contributed by atoms with E-state index in [-0.39, 0.29) is 23.9 Å². The molecule has 142 valence electrons. The fourth-order valence-electron chi connectivity index (χ4n) is 3.83. The van der Waals surface area contributed by atoms with Crippen molar-refractivity contribution in [3.63, 3.8) is 0 Å². The van der Waals surface area contributed by atoms with Crippen LogP contribution in [0.25, 0.3) is 0 Å². The lowest BCUT2D eigenvalue weighted by atomic mass is 10.1. The van der Waals surface area contributed by atoms with E-state index in [0.717, 1.165) is 18.8 Å². The highest BCUT2D eigenvalue weighted by Gasteiger charge is 2.35. The Kier molecular flexibility index (Phi) is 6.04. The maximum atomic E-state index is 12.6. The molecule has 2 N–H and O–H groups in total. The highest BCUT2D eigenvalue weighted by atomic mass is 35.5. The minimum absolute atomic E-state index is 0.0183. The quantitative estimate of drug-likeness (QED) is 0.821. The smallest absolute Gasteiger partial charge is 0.251 e. The number of hydrogen-bond donors (Lipinski definition) is 2. The van der Waals surface area contributed by atoms with Gasteiger partial charge < -0.3 is 15.5 Å². The van der Waals surface area contributed by atoms with Crippen molar-refractivity contribution in [1.82, 2.24) is 15.5 Å². The lowest BCUT2D eigenvalue weighted by Crippen LogP contribution is -2.41. The predicted octanol–water partition coefficient (Wildman–Crippen LogP) is 1.88. The molecule has 2 heterocycles. The van der Waals surface area contributed by atoms with E-state index >= 15 is 0 Å². The maximum absolute atomic E-state index is 12.6. The van der Waals surface area contributed by atoms with Crippen LogP contribution in [0.5, 0.6) is 0 Å². The van der Waals surface area contributed by atoms with E-state index in [0.29, 0.717) is 30.1 Å². The van der Waals surface area contributed by atoms with Crippen molar-refractivity contribution >= 4 is 29.1 Å². The third-order valence-corrected chi connectivity index (χ3v) is 5.50. The van der Waals surface area contributed by atoms with Gasteiger partial charge in [0.05, 0.1) is 16.8 Å². The molecule has 2 aliphatic rings. The standard InChI is InChI=1S/C19H27ClN4O2/c1-3-21-19(26)17-11-14(12-23(17)2)22-18(25)13-6-7-16(15(20)10-13)24-8-4-5-9-24/h6-7,10,14,17H,3-5,8-9,11-12H2,1-2H3,(H,21,26)(H,22,25)/t14-,17-/m0/s1. The van der Waals surface area contributed by atoms with E-state index in [4.69, 9.17) is 11.6 Å². The third-order valence-electron chi connectivity index (χ3n) is 5.19. The highest BCUT2D eigenvalue weighted by Crippen LogP contribution is 2.29. The molecule has 0 unspecified atom stereocenters. The van der Waals surface area contributed by atoms with Gasteiger partial charge in [-0.1, -0.05) is 11.6 Å². The molecule has 1 aromatic rings. The first-order chi connectivity index (χ1) is 12.5. The second-order valence-electron chi connectivity index (χ2n) is 7.12. The first kappa shape index (κ1) is 19.0. The zero-order valence-electron chi connectivity index (χ0n) is 15.4. The van der Waals surface area contributed by atoms with E-state index < -0.39 is 0 Å². The maximum Gasteiger partial charge on any atom is 0.251 e. The average Bonchev–Trinajstić information content (AvgIpc) is 3.25. The largest absolute Gasteiger partial charge is 0.370 e. The summed E-state index contributed by atoms with van der Waals surface area (Å²) in [7, 11) is 1.91. The van der Waals surface area contributed by atoms with Crippen LogP contribution in [0.3, 0.4) is 0 Å². The SMILES string of the molecule is CCNC(=O)[C@@H]1C[C@H](NC(=O)c2ccc(N3CCCC3)c(Cl)c2)CN1C. The minimum atomic E-state index is -0.193. The molecule has 7 heteroatoms. The number of rotatable bonds is 5. The normalized spacial score (nSPS) is 23.3. The molecule has 2 amide bonds. The van der Waals surface area contributed by atoms with Gasteiger partial charge in [-0.25, -0.2) is 0 Å². The fourth-order valence-corrected chi connectivity index (χ4v) is 4.13. The Morgan fingerprint density at radius 3 is 2.65 bits per heavy atom. The van der Waals surface area contributed by atoms with Crippen LogP contribution < -0.4 is 15.5 Å². The molecule has 6 nitrogen and oxygen atoms in total. The van der Waals surface area contributed by atoms with E-state index in [2.05, 4.69) is 15.5 Å². The number of nitrogens with one attached hydrogen (secondary N) is 2. The van der Waals surface area contributed by atoms with Gasteiger partial charge >= 0.3 is 0 Å². The van der Waals surface area contributed by atoms with E-state index in [1.807, 2.05) is 31.0 Å². The van der Waals surface area contributed by atoms with Crippen LogP contribution in [0, 0.1) is 0 Å². The zero-order valence-corrected chi connectivity index (χ0v) is 16.2. The molecular weight excluding hydrogens is 352 g/mol. The number of halogens is 1. The molecule has 0 aromatic heterocycles. The summed E-state index contributed by atoms with van der Waals surface area (Å²) in [4.78, 5) is 28.9. The van der Waals surface area contributed by atoms with Crippen molar-refractivity contribution in [2.75, 3.05) is 38.1 Å². The van der Waals surface area contributed by atoms with Crippen LogP contribution in [0.4, 0.5) is 5.69 Å². The molecule has 2 fully saturated rings. The Hall–Kier alpha value is -1.79. The van der Waals surface area contributed by atoms with Crippen LogP contribution in [0.2, 0.25) is 5.02 Å². The molecule has 2 atom stereocenters. The molecule has 0 radical (unpaired) electrons. The van der Waals surface area contributed by atoms with Crippen LogP contribution >= 0.6 is 11.6 Å². The predicted molar refractivity (Wildman–Crippen MR) is 104 cm³/mol. The summed E-state index contributed by atoms with van der Waals surface area (Å²) in [6.45, 7) is 5.21. The summed E-state index contributed by atoms with van der Waals surface area (Å²) in [6, 6.07) is 5.26. The summed E-state index contributed by atoms with van der Waals surface area (Å²) in [6.07, 6.45) is 2.98. The number of anilines is 1. The van der Waals surface area contributed by atoms with Gasteiger partial charge in [0, 0.05) is 37.8 Å². The fraction of sp³-hybridized carbons (Fsp3) is 0.579. The molecule has 2 saturated heterocycles. The number of likely N-dealkylation sites (tertiary alicyclic amines) is 1. The van der Waals surface area contributed by atoms with Gasteiger partial charge in [-0.3, -0.25) is 14.5 Å². The van der Waals surface area contributed by atoms with Gasteiger partial charge in [0.25, 0.3) is 5.91 Å². The van der Waals surface area contributed by atoms with Gasteiger partial charge in [-0.05, 0) is 51.4 Å². The summed E-state index contributed by atoms with van der Waals surface area (Å²) < 4.78 is 0. The lowest BCUT2D eigenvalue weighted by Gasteiger charge is -2.20. The van der Waals surface area contributed by atoms with Crippen molar-refractivity contribution in [2.24, 2.45) is 0 Å². The summed E-state index contributed by atoms with van der Waals surface area (Å²) in [5.41, 5.74) is 1.56. The third kappa shape index (κ3) is 4.13. The Labute approximate surface area is 159 Å². The van der Waals surface area contributed by atoms with Crippen molar-refractivity contribution < 1.29 is 9.59 Å². The topological polar surface area (TPSA) is 64.7 Å². The Morgan fingerprint density at radius 1 is 1.27 bits per heavy atom. The molecule has 0 bridgehead atoms. The summed E-state index contributed by atoms with van der Waals surface area (Å²) in [5.74, 6) is -0.125.